The van der Waals surface area contributed by atoms with Crippen LogP contribution >= 0.6 is 0 Å². The average Bonchev–Trinajstić information content (AvgIpc) is 2.76. The molecule has 1 aliphatic rings. The van der Waals surface area contributed by atoms with Gasteiger partial charge in [-0.1, -0.05) is 13.3 Å². The van der Waals surface area contributed by atoms with E-state index < -0.39 is 5.97 Å². The summed E-state index contributed by atoms with van der Waals surface area (Å²) in [5.41, 5.74) is 0. The molecule has 1 rings (SSSR count). The second-order valence-corrected chi connectivity index (χ2v) is 4.63. The van der Waals surface area contributed by atoms with Crippen LogP contribution in [0, 0.1) is 0 Å². The van der Waals surface area contributed by atoms with E-state index in [2.05, 4.69) is 5.32 Å². The van der Waals surface area contributed by atoms with E-state index in [1.165, 1.54) is 0 Å². The van der Waals surface area contributed by atoms with Crippen molar-refractivity contribution in [3.8, 4) is 0 Å². The predicted molar refractivity (Wildman–Crippen MR) is 66.5 cm³/mol. The Hall–Kier alpha value is -1.30. The van der Waals surface area contributed by atoms with Gasteiger partial charge in [0.1, 0.15) is 0 Å². The van der Waals surface area contributed by atoms with Gasteiger partial charge in [0.15, 0.2) is 0 Å². The molecule has 0 saturated carbocycles. The van der Waals surface area contributed by atoms with E-state index in [4.69, 9.17) is 9.84 Å². The highest BCUT2D eigenvalue weighted by molar-refractivity contribution is 5.76. The van der Waals surface area contributed by atoms with Crippen molar-refractivity contribution in [3.05, 3.63) is 0 Å². The number of rotatable bonds is 6. The fourth-order valence-corrected chi connectivity index (χ4v) is 2.16. The number of carbonyl (C=O) groups is 2. The van der Waals surface area contributed by atoms with Crippen LogP contribution < -0.4 is 5.32 Å². The third-order valence-corrected chi connectivity index (χ3v) is 3.15. The maximum atomic E-state index is 11.9. The summed E-state index contributed by atoms with van der Waals surface area (Å²) in [7, 11) is 1.64. The van der Waals surface area contributed by atoms with Crippen molar-refractivity contribution < 1.29 is 19.4 Å². The lowest BCUT2D eigenvalue weighted by Crippen LogP contribution is -2.45. The number of amides is 2. The summed E-state index contributed by atoms with van der Waals surface area (Å²) in [5, 5.41) is 11.6. The zero-order chi connectivity index (χ0) is 13.5. The quantitative estimate of drug-likeness (QED) is 0.746. The molecule has 0 radical (unpaired) electrons. The van der Waals surface area contributed by atoms with E-state index in [9.17, 15) is 9.59 Å². The van der Waals surface area contributed by atoms with Crippen molar-refractivity contribution >= 4 is 12.0 Å². The number of hydrogen-bond acceptors (Lipinski definition) is 3. The van der Waals surface area contributed by atoms with Gasteiger partial charge in [-0.05, 0) is 12.8 Å². The van der Waals surface area contributed by atoms with Crippen LogP contribution in [0.1, 0.15) is 32.6 Å². The van der Waals surface area contributed by atoms with Gasteiger partial charge in [-0.25, -0.2) is 4.79 Å². The molecule has 2 atom stereocenters. The molecule has 0 aliphatic carbocycles. The number of methoxy groups -OCH3 is 1. The first kappa shape index (κ1) is 14.8. The van der Waals surface area contributed by atoms with Crippen LogP contribution in [0.25, 0.3) is 0 Å². The van der Waals surface area contributed by atoms with Gasteiger partial charge in [0, 0.05) is 26.2 Å². The summed E-state index contributed by atoms with van der Waals surface area (Å²) in [5.74, 6) is -0.884. The molecule has 104 valence electrons. The van der Waals surface area contributed by atoms with Crippen LogP contribution in [0.3, 0.4) is 0 Å². The van der Waals surface area contributed by atoms with Crippen molar-refractivity contribution in [1.29, 1.82) is 0 Å². The Balaban J connectivity index is 2.43. The first-order valence-corrected chi connectivity index (χ1v) is 6.36. The topological polar surface area (TPSA) is 78.9 Å². The van der Waals surface area contributed by atoms with Crippen molar-refractivity contribution in [2.45, 2.75) is 44.8 Å². The monoisotopic (exact) mass is 258 g/mol. The largest absolute Gasteiger partial charge is 0.481 e. The smallest absolute Gasteiger partial charge is 0.317 e. The average molecular weight is 258 g/mol. The standard InChI is InChI=1S/C12H22N2O4/c1-3-4-9(7-11(15)16)13-12(17)14-6-5-10(8-14)18-2/h9-10H,3-8H2,1-2H3,(H,13,17)(H,15,16). The van der Waals surface area contributed by atoms with E-state index in [1.807, 2.05) is 6.92 Å². The van der Waals surface area contributed by atoms with E-state index in [0.717, 1.165) is 12.8 Å². The first-order valence-electron chi connectivity index (χ1n) is 6.36. The van der Waals surface area contributed by atoms with Gasteiger partial charge in [-0.3, -0.25) is 4.79 Å². The third kappa shape index (κ3) is 4.52. The highest BCUT2D eigenvalue weighted by Crippen LogP contribution is 2.12. The second-order valence-electron chi connectivity index (χ2n) is 4.63. The number of nitrogens with one attached hydrogen (secondary N) is 1. The minimum absolute atomic E-state index is 0.0267. The Morgan fingerprint density at radius 1 is 1.56 bits per heavy atom. The Morgan fingerprint density at radius 2 is 2.28 bits per heavy atom. The fourth-order valence-electron chi connectivity index (χ4n) is 2.16. The highest BCUT2D eigenvalue weighted by atomic mass is 16.5. The van der Waals surface area contributed by atoms with Gasteiger partial charge in [0.2, 0.25) is 0 Å². The van der Waals surface area contributed by atoms with Crippen LogP contribution in [0.4, 0.5) is 4.79 Å². The van der Waals surface area contributed by atoms with E-state index in [1.54, 1.807) is 12.0 Å². The summed E-state index contributed by atoms with van der Waals surface area (Å²) in [6.07, 6.45) is 2.43. The minimum atomic E-state index is -0.884. The Kier molecular flexibility index (Phi) is 5.91. The predicted octanol–water partition coefficient (Wildman–Crippen LogP) is 1.06. The van der Waals surface area contributed by atoms with E-state index in [-0.39, 0.29) is 24.6 Å². The van der Waals surface area contributed by atoms with Crippen LogP contribution in [0.5, 0.6) is 0 Å². The number of aliphatic carboxylic acids is 1. The molecule has 0 spiro atoms. The lowest BCUT2D eigenvalue weighted by atomic mass is 10.1. The number of urea groups is 1. The van der Waals surface area contributed by atoms with Crippen molar-refractivity contribution in [2.24, 2.45) is 0 Å². The summed E-state index contributed by atoms with van der Waals surface area (Å²) in [4.78, 5) is 24.3. The Morgan fingerprint density at radius 3 is 2.78 bits per heavy atom. The zero-order valence-electron chi connectivity index (χ0n) is 11.0. The SMILES string of the molecule is CCCC(CC(=O)O)NC(=O)N1CCC(OC)C1. The molecular weight excluding hydrogens is 236 g/mol. The van der Waals surface area contributed by atoms with Gasteiger partial charge in [0.05, 0.1) is 12.5 Å². The molecule has 2 unspecified atom stereocenters. The minimum Gasteiger partial charge on any atom is -0.481 e. The van der Waals surface area contributed by atoms with E-state index >= 15 is 0 Å². The van der Waals surface area contributed by atoms with Crippen LogP contribution in [-0.4, -0.2) is 54.4 Å². The molecule has 0 aromatic carbocycles. The second kappa shape index (κ2) is 7.20. The number of nitrogens with zero attached hydrogens (tertiary/aromatic N) is 1. The maximum Gasteiger partial charge on any atom is 0.317 e. The number of likely N-dealkylation sites (tertiary alicyclic amines) is 1. The van der Waals surface area contributed by atoms with Crippen molar-refractivity contribution in [2.75, 3.05) is 20.2 Å². The molecule has 1 aliphatic heterocycles. The van der Waals surface area contributed by atoms with Crippen molar-refractivity contribution in [1.82, 2.24) is 10.2 Å². The third-order valence-electron chi connectivity index (χ3n) is 3.15. The lowest BCUT2D eigenvalue weighted by Gasteiger charge is -2.22. The summed E-state index contributed by atoms with van der Waals surface area (Å²) >= 11 is 0. The van der Waals surface area contributed by atoms with Gasteiger partial charge in [-0.15, -0.1) is 0 Å². The van der Waals surface area contributed by atoms with Crippen LogP contribution in [0.15, 0.2) is 0 Å². The summed E-state index contributed by atoms with van der Waals surface area (Å²) in [6.45, 7) is 3.21. The number of carbonyl (C=O) groups excluding carboxylic acids is 1. The number of carboxylic acid groups (broad SMARTS) is 1. The highest BCUT2D eigenvalue weighted by Gasteiger charge is 2.27. The van der Waals surface area contributed by atoms with E-state index in [0.29, 0.717) is 19.5 Å². The molecule has 0 aromatic rings. The molecular formula is C12H22N2O4. The Labute approximate surface area is 107 Å². The van der Waals surface area contributed by atoms with Crippen molar-refractivity contribution in [3.63, 3.8) is 0 Å². The van der Waals surface area contributed by atoms with Gasteiger partial charge in [-0.2, -0.15) is 0 Å². The molecule has 1 heterocycles. The summed E-state index contributed by atoms with van der Waals surface area (Å²) in [6, 6.07) is -0.476. The fraction of sp³-hybridized carbons (Fsp3) is 0.833. The maximum absolute atomic E-state index is 11.9. The molecule has 6 nitrogen and oxygen atoms in total. The first-order chi connectivity index (χ1) is 8.56. The summed E-state index contributed by atoms with van der Waals surface area (Å²) < 4.78 is 5.19. The Bertz CT molecular complexity index is 296. The zero-order valence-corrected chi connectivity index (χ0v) is 11.0. The van der Waals surface area contributed by atoms with Crippen LogP contribution in [0.2, 0.25) is 0 Å². The van der Waals surface area contributed by atoms with Gasteiger partial charge in [0.25, 0.3) is 0 Å². The van der Waals surface area contributed by atoms with Gasteiger partial charge < -0.3 is 20.1 Å². The normalized spacial score (nSPS) is 20.8. The molecule has 0 bridgehead atoms. The molecule has 1 saturated heterocycles. The molecule has 6 heteroatoms. The van der Waals surface area contributed by atoms with Gasteiger partial charge >= 0.3 is 12.0 Å². The molecule has 18 heavy (non-hydrogen) atoms. The lowest BCUT2D eigenvalue weighted by molar-refractivity contribution is -0.137. The molecule has 2 N–H and O–H groups in total. The molecule has 2 amide bonds. The number of carboxylic acids is 1. The molecule has 0 aromatic heterocycles. The number of ether oxygens (including phenoxy) is 1. The number of hydrogen-bond donors (Lipinski definition) is 2. The van der Waals surface area contributed by atoms with Crippen LogP contribution in [-0.2, 0) is 9.53 Å². The molecule has 1 fully saturated rings.